The lowest BCUT2D eigenvalue weighted by Gasteiger charge is -2.18. The van der Waals surface area contributed by atoms with Gasteiger partial charge in [-0.2, -0.15) is 0 Å². The van der Waals surface area contributed by atoms with E-state index in [0.717, 1.165) is 24.2 Å². The van der Waals surface area contributed by atoms with Gasteiger partial charge in [0.1, 0.15) is 0 Å². The van der Waals surface area contributed by atoms with Crippen molar-refractivity contribution in [1.82, 2.24) is 0 Å². The van der Waals surface area contributed by atoms with Crippen LogP contribution < -0.4 is 0 Å². The minimum atomic E-state index is -0.00676. The number of allylic oxidation sites excluding steroid dienone is 4. The van der Waals surface area contributed by atoms with E-state index in [1.807, 2.05) is 12.1 Å². The topological polar surface area (TPSA) is 34.1 Å². The van der Waals surface area contributed by atoms with Crippen LogP contribution in [0.2, 0.25) is 0 Å². The first-order chi connectivity index (χ1) is 14.7. The molecule has 31 heavy (non-hydrogen) atoms. The summed E-state index contributed by atoms with van der Waals surface area (Å²) in [7, 11) is 0. The van der Waals surface area contributed by atoms with Crippen LogP contribution in [0.5, 0.6) is 0 Å². The van der Waals surface area contributed by atoms with Crippen molar-refractivity contribution >= 4 is 11.6 Å². The largest absolute Gasteiger partial charge is 0.289 e. The highest BCUT2D eigenvalue weighted by Crippen LogP contribution is 2.29. The van der Waals surface area contributed by atoms with Gasteiger partial charge in [0.15, 0.2) is 11.6 Å². The molecule has 0 radical (unpaired) electrons. The van der Waals surface area contributed by atoms with Gasteiger partial charge in [0.25, 0.3) is 0 Å². The molecule has 0 saturated carbocycles. The van der Waals surface area contributed by atoms with Crippen LogP contribution in [0.4, 0.5) is 0 Å². The van der Waals surface area contributed by atoms with Crippen LogP contribution in [0, 0.1) is 17.8 Å². The monoisotopic (exact) mass is 422 g/mol. The Hall–Kier alpha value is -1.96. The lowest BCUT2D eigenvalue weighted by atomic mass is 9.83. The maximum Gasteiger partial charge on any atom is 0.190 e. The molecule has 170 valence electrons. The summed E-state index contributed by atoms with van der Waals surface area (Å²) in [5.41, 5.74) is 3.68. The molecule has 0 N–H and O–H groups in total. The zero-order chi connectivity index (χ0) is 23.0. The van der Waals surface area contributed by atoms with E-state index in [4.69, 9.17) is 0 Å². The third kappa shape index (κ3) is 7.59. The second kappa shape index (κ2) is 12.2. The normalized spacial score (nSPS) is 16.7. The Morgan fingerprint density at radius 3 is 2.00 bits per heavy atom. The van der Waals surface area contributed by atoms with Crippen LogP contribution in [0.15, 0.2) is 47.1 Å². The first-order valence-corrected chi connectivity index (χ1v) is 12.2. The summed E-state index contributed by atoms with van der Waals surface area (Å²) in [5.74, 6) is 2.42. The number of carbonyl (C=O) groups is 2. The summed E-state index contributed by atoms with van der Waals surface area (Å²) in [6, 6.07) is 7.17. The molecule has 2 nitrogen and oxygen atoms in total. The molecule has 0 spiro atoms. The second-order valence-corrected chi connectivity index (χ2v) is 10.2. The fourth-order valence-corrected chi connectivity index (χ4v) is 4.38. The zero-order valence-electron chi connectivity index (χ0n) is 20.6. The van der Waals surface area contributed by atoms with Gasteiger partial charge >= 0.3 is 0 Å². The number of ketones is 2. The summed E-state index contributed by atoms with van der Waals surface area (Å²) in [6.07, 6.45) is 11.6. The molecule has 0 bridgehead atoms. The van der Waals surface area contributed by atoms with Crippen LogP contribution in [0.1, 0.15) is 114 Å². The van der Waals surface area contributed by atoms with E-state index in [-0.39, 0.29) is 11.6 Å². The average Bonchev–Trinajstić information content (AvgIpc) is 2.74. The molecule has 2 atom stereocenters. The standard InChI is InChI=1S/C29H42O2/c1-20(2)14-15-23(5)17-16-21(3)10-9-11-22(4)18-19-25-24(6)28(30)26-12-7-8-13-27(26)29(25)31/h7-8,12-13,18,20-21,23H,9-11,14-17,19H2,1-6H3/b22-18+. The van der Waals surface area contributed by atoms with Gasteiger partial charge in [-0.05, 0) is 50.9 Å². The number of carbonyl (C=O) groups excluding carboxylic acids is 2. The molecule has 0 fully saturated rings. The van der Waals surface area contributed by atoms with Crippen LogP contribution in [-0.4, -0.2) is 11.6 Å². The van der Waals surface area contributed by atoms with E-state index in [9.17, 15) is 9.59 Å². The maximum absolute atomic E-state index is 12.9. The number of hydrogen-bond acceptors (Lipinski definition) is 2. The van der Waals surface area contributed by atoms with Gasteiger partial charge in [-0.25, -0.2) is 0 Å². The fraction of sp³-hybridized carbons (Fsp3) is 0.586. The third-order valence-electron chi connectivity index (χ3n) is 6.80. The molecule has 1 aromatic carbocycles. The van der Waals surface area contributed by atoms with Gasteiger partial charge in [0.2, 0.25) is 0 Å². The summed E-state index contributed by atoms with van der Waals surface area (Å²) in [5, 5.41) is 0. The first-order valence-electron chi connectivity index (χ1n) is 12.2. The molecular weight excluding hydrogens is 380 g/mol. The van der Waals surface area contributed by atoms with Crippen LogP contribution >= 0.6 is 0 Å². The van der Waals surface area contributed by atoms with Gasteiger partial charge in [-0.1, -0.05) is 95.7 Å². The number of fused-ring (bicyclic) bond motifs is 1. The molecule has 1 aliphatic carbocycles. The van der Waals surface area contributed by atoms with Crippen molar-refractivity contribution < 1.29 is 9.59 Å². The predicted octanol–water partition coefficient (Wildman–Crippen LogP) is 8.38. The highest BCUT2D eigenvalue weighted by atomic mass is 16.1. The van der Waals surface area contributed by atoms with Crippen molar-refractivity contribution in [2.45, 2.75) is 92.9 Å². The SMILES string of the molecule is CC1=C(C/C=C(\C)CCCC(C)CCC(C)CCC(C)C)C(=O)c2ccccc2C1=O. The fourth-order valence-electron chi connectivity index (χ4n) is 4.38. The van der Waals surface area contributed by atoms with Crippen LogP contribution in [-0.2, 0) is 0 Å². The summed E-state index contributed by atoms with van der Waals surface area (Å²) in [4.78, 5) is 25.5. The third-order valence-corrected chi connectivity index (χ3v) is 6.80. The average molecular weight is 423 g/mol. The van der Waals surface area contributed by atoms with E-state index in [0.29, 0.717) is 28.7 Å². The number of hydrogen-bond donors (Lipinski definition) is 0. The molecule has 1 aromatic rings. The molecule has 2 unspecified atom stereocenters. The molecule has 1 aliphatic rings. The van der Waals surface area contributed by atoms with Gasteiger partial charge in [-0.3, -0.25) is 9.59 Å². The molecule has 0 amide bonds. The minimum absolute atomic E-state index is 0.00676. The van der Waals surface area contributed by atoms with E-state index >= 15 is 0 Å². The highest BCUT2D eigenvalue weighted by molar-refractivity contribution is 6.26. The number of benzene rings is 1. The first kappa shape index (κ1) is 25.3. The zero-order valence-corrected chi connectivity index (χ0v) is 20.6. The lowest BCUT2D eigenvalue weighted by Crippen LogP contribution is -2.20. The van der Waals surface area contributed by atoms with E-state index < -0.39 is 0 Å². The smallest absolute Gasteiger partial charge is 0.190 e. The number of Topliss-reactive ketones (excluding diaryl/α,β-unsaturated/α-hetero) is 2. The lowest BCUT2D eigenvalue weighted by molar-refractivity contribution is 0.0973. The van der Waals surface area contributed by atoms with Crippen molar-refractivity contribution in [3.63, 3.8) is 0 Å². The Morgan fingerprint density at radius 2 is 1.39 bits per heavy atom. The Balaban J connectivity index is 1.78. The molecular formula is C29H42O2. The van der Waals surface area contributed by atoms with E-state index in [2.05, 4.69) is 40.7 Å². The van der Waals surface area contributed by atoms with Crippen LogP contribution in [0.3, 0.4) is 0 Å². The van der Waals surface area contributed by atoms with Gasteiger partial charge in [-0.15, -0.1) is 0 Å². The van der Waals surface area contributed by atoms with E-state index in [1.54, 1.807) is 19.1 Å². The van der Waals surface area contributed by atoms with E-state index in [1.165, 1.54) is 44.1 Å². The van der Waals surface area contributed by atoms with Crippen molar-refractivity contribution in [3.8, 4) is 0 Å². The van der Waals surface area contributed by atoms with Gasteiger partial charge in [0.05, 0.1) is 0 Å². The molecule has 2 heteroatoms. The Labute approximate surface area is 190 Å². The summed E-state index contributed by atoms with van der Waals surface area (Å²) in [6.45, 7) is 13.3. The quantitative estimate of drug-likeness (QED) is 0.317. The Bertz CT molecular complexity index is 825. The van der Waals surface area contributed by atoms with Crippen molar-refractivity contribution in [2.75, 3.05) is 0 Å². The molecule has 0 saturated heterocycles. The molecule has 0 aromatic heterocycles. The summed E-state index contributed by atoms with van der Waals surface area (Å²) < 4.78 is 0. The van der Waals surface area contributed by atoms with Gasteiger partial charge < -0.3 is 0 Å². The number of rotatable bonds is 12. The highest BCUT2D eigenvalue weighted by Gasteiger charge is 2.28. The molecule has 2 rings (SSSR count). The molecule has 0 aliphatic heterocycles. The Kier molecular flexibility index (Phi) is 9.93. The minimum Gasteiger partial charge on any atom is -0.289 e. The van der Waals surface area contributed by atoms with Crippen molar-refractivity contribution in [3.05, 3.63) is 58.2 Å². The molecule has 0 heterocycles. The summed E-state index contributed by atoms with van der Waals surface area (Å²) >= 11 is 0. The second-order valence-electron chi connectivity index (χ2n) is 10.2. The Morgan fingerprint density at radius 1 is 0.839 bits per heavy atom. The van der Waals surface area contributed by atoms with Crippen molar-refractivity contribution in [2.24, 2.45) is 17.8 Å². The van der Waals surface area contributed by atoms with Crippen molar-refractivity contribution in [1.29, 1.82) is 0 Å². The maximum atomic E-state index is 12.9. The predicted molar refractivity (Wildman–Crippen MR) is 132 cm³/mol. The van der Waals surface area contributed by atoms with Crippen LogP contribution in [0.25, 0.3) is 0 Å². The van der Waals surface area contributed by atoms with Gasteiger partial charge in [0, 0.05) is 22.3 Å².